The van der Waals surface area contributed by atoms with Crippen LogP contribution in [0, 0.1) is 5.92 Å². The van der Waals surface area contributed by atoms with Crippen LogP contribution in [0.25, 0.3) is 0 Å². The summed E-state index contributed by atoms with van der Waals surface area (Å²) in [6.45, 7) is 8.27. The number of hydrogen-bond donors (Lipinski definition) is 1. The SMILES string of the molecule is CCCCCN(CCC(C)C)C(=O)C1(NC(=O)OCc2ccccc2)CCCCC1. The van der Waals surface area contributed by atoms with Crippen molar-refractivity contribution in [2.24, 2.45) is 5.92 Å². The molecule has 0 heterocycles. The Morgan fingerprint density at radius 3 is 2.40 bits per heavy atom. The molecular weight excluding hydrogens is 376 g/mol. The lowest BCUT2D eigenvalue weighted by Gasteiger charge is -2.40. The molecule has 0 atom stereocenters. The molecule has 0 bridgehead atoms. The number of hydrogen-bond acceptors (Lipinski definition) is 3. The van der Waals surface area contributed by atoms with E-state index in [1.807, 2.05) is 35.2 Å². The van der Waals surface area contributed by atoms with Crippen LogP contribution in [0.1, 0.15) is 84.1 Å². The maximum atomic E-state index is 13.7. The Labute approximate surface area is 182 Å². The lowest BCUT2D eigenvalue weighted by Crippen LogP contribution is -2.61. The second-order valence-corrected chi connectivity index (χ2v) is 9.01. The highest BCUT2D eigenvalue weighted by molar-refractivity contribution is 5.90. The molecule has 1 aromatic rings. The van der Waals surface area contributed by atoms with E-state index < -0.39 is 11.6 Å². The van der Waals surface area contributed by atoms with Crippen molar-refractivity contribution in [1.29, 1.82) is 0 Å². The summed E-state index contributed by atoms with van der Waals surface area (Å²) in [5.41, 5.74) is 0.115. The maximum Gasteiger partial charge on any atom is 0.408 e. The average molecular weight is 417 g/mol. The molecule has 0 radical (unpaired) electrons. The first kappa shape index (κ1) is 24.2. The van der Waals surface area contributed by atoms with Gasteiger partial charge in [-0.15, -0.1) is 0 Å². The molecule has 0 aromatic heterocycles. The number of ether oxygens (including phenoxy) is 1. The van der Waals surface area contributed by atoms with Gasteiger partial charge < -0.3 is 15.0 Å². The van der Waals surface area contributed by atoms with Crippen molar-refractivity contribution in [3.8, 4) is 0 Å². The van der Waals surface area contributed by atoms with Crippen LogP contribution in [0.2, 0.25) is 0 Å². The number of nitrogens with zero attached hydrogens (tertiary/aromatic N) is 1. The van der Waals surface area contributed by atoms with Crippen LogP contribution in [0.3, 0.4) is 0 Å². The lowest BCUT2D eigenvalue weighted by atomic mass is 9.80. The van der Waals surface area contributed by atoms with Gasteiger partial charge in [-0.05, 0) is 37.2 Å². The standard InChI is InChI=1S/C25H40N2O3/c1-4-5-12-18-27(19-15-21(2)3)23(28)25(16-10-7-11-17-25)26-24(29)30-20-22-13-8-6-9-14-22/h6,8-9,13-14,21H,4-5,7,10-12,15-20H2,1-3H3,(H,26,29). The van der Waals surface area contributed by atoms with Crippen LogP contribution < -0.4 is 5.32 Å². The number of rotatable bonds is 11. The number of unbranched alkanes of at least 4 members (excludes halogenated alkanes) is 2. The smallest absolute Gasteiger partial charge is 0.408 e. The second-order valence-electron chi connectivity index (χ2n) is 9.01. The summed E-state index contributed by atoms with van der Waals surface area (Å²) in [6.07, 6.45) is 8.14. The molecule has 1 saturated carbocycles. The van der Waals surface area contributed by atoms with Crippen LogP contribution in [0.15, 0.2) is 30.3 Å². The summed E-state index contributed by atoms with van der Waals surface area (Å²) < 4.78 is 5.46. The minimum absolute atomic E-state index is 0.0793. The number of nitrogens with one attached hydrogen (secondary N) is 1. The van der Waals surface area contributed by atoms with Gasteiger partial charge in [0.05, 0.1) is 0 Å². The predicted molar refractivity (Wildman–Crippen MR) is 121 cm³/mol. The minimum Gasteiger partial charge on any atom is -0.445 e. The molecule has 1 aliphatic carbocycles. The lowest BCUT2D eigenvalue weighted by molar-refractivity contribution is -0.140. The number of benzene rings is 1. The predicted octanol–water partition coefficient (Wildman–Crippen LogP) is 5.68. The number of carbonyl (C=O) groups is 2. The van der Waals surface area contributed by atoms with Crippen molar-refractivity contribution in [2.75, 3.05) is 13.1 Å². The molecule has 5 nitrogen and oxygen atoms in total. The molecule has 1 aliphatic rings. The molecule has 5 heteroatoms. The van der Waals surface area contributed by atoms with Crippen LogP contribution in [0.4, 0.5) is 4.79 Å². The van der Waals surface area contributed by atoms with E-state index in [9.17, 15) is 9.59 Å². The summed E-state index contributed by atoms with van der Waals surface area (Å²) >= 11 is 0. The van der Waals surface area contributed by atoms with E-state index in [1.54, 1.807) is 0 Å². The van der Waals surface area contributed by atoms with Crippen molar-refractivity contribution in [3.05, 3.63) is 35.9 Å². The highest BCUT2D eigenvalue weighted by Gasteiger charge is 2.43. The number of carbonyl (C=O) groups excluding carboxylic acids is 2. The van der Waals surface area contributed by atoms with Crippen molar-refractivity contribution < 1.29 is 14.3 Å². The van der Waals surface area contributed by atoms with Gasteiger partial charge in [0.25, 0.3) is 0 Å². The molecule has 1 N–H and O–H groups in total. The summed E-state index contributed by atoms with van der Waals surface area (Å²) in [6, 6.07) is 9.63. The van der Waals surface area contributed by atoms with Gasteiger partial charge in [-0.1, -0.05) is 83.2 Å². The van der Waals surface area contributed by atoms with Crippen LogP contribution >= 0.6 is 0 Å². The molecule has 0 spiro atoms. The number of alkyl carbamates (subject to hydrolysis) is 1. The fourth-order valence-electron chi connectivity index (χ4n) is 4.09. The van der Waals surface area contributed by atoms with Crippen LogP contribution in [-0.2, 0) is 16.1 Å². The van der Waals surface area contributed by atoms with Crippen molar-refractivity contribution >= 4 is 12.0 Å². The van der Waals surface area contributed by atoms with Gasteiger partial charge >= 0.3 is 6.09 Å². The van der Waals surface area contributed by atoms with Gasteiger partial charge in [0.1, 0.15) is 12.1 Å². The topological polar surface area (TPSA) is 58.6 Å². The Morgan fingerprint density at radius 2 is 1.77 bits per heavy atom. The zero-order valence-corrected chi connectivity index (χ0v) is 19.1. The third kappa shape index (κ3) is 7.66. The van der Waals surface area contributed by atoms with E-state index in [2.05, 4.69) is 26.1 Å². The van der Waals surface area contributed by atoms with E-state index in [1.165, 1.54) is 0 Å². The summed E-state index contributed by atoms with van der Waals surface area (Å²) in [5, 5.41) is 3.01. The molecule has 2 amide bonds. The molecule has 2 rings (SSSR count). The van der Waals surface area contributed by atoms with Crippen LogP contribution in [-0.4, -0.2) is 35.5 Å². The van der Waals surface area contributed by atoms with Crippen molar-refractivity contribution in [2.45, 2.75) is 90.7 Å². The zero-order chi connectivity index (χ0) is 21.8. The maximum absolute atomic E-state index is 13.7. The first-order valence-electron chi connectivity index (χ1n) is 11.7. The summed E-state index contributed by atoms with van der Waals surface area (Å²) in [4.78, 5) is 28.3. The molecular formula is C25H40N2O3. The largest absolute Gasteiger partial charge is 0.445 e. The Bertz CT molecular complexity index is 639. The first-order chi connectivity index (χ1) is 14.5. The third-order valence-corrected chi connectivity index (χ3v) is 5.97. The summed E-state index contributed by atoms with van der Waals surface area (Å²) in [5.74, 6) is 0.619. The molecule has 168 valence electrons. The zero-order valence-electron chi connectivity index (χ0n) is 19.1. The second kappa shape index (κ2) is 12.6. The highest BCUT2D eigenvalue weighted by Crippen LogP contribution is 2.31. The fourth-order valence-corrected chi connectivity index (χ4v) is 4.09. The quantitative estimate of drug-likeness (QED) is 0.472. The van der Waals surface area contributed by atoms with Gasteiger partial charge in [0.2, 0.25) is 5.91 Å². The Hall–Kier alpha value is -2.04. The Morgan fingerprint density at radius 1 is 1.07 bits per heavy atom. The molecule has 1 fully saturated rings. The van der Waals surface area contributed by atoms with Gasteiger partial charge in [-0.2, -0.15) is 0 Å². The third-order valence-electron chi connectivity index (χ3n) is 5.97. The fraction of sp³-hybridized carbons (Fsp3) is 0.680. The monoisotopic (exact) mass is 416 g/mol. The van der Waals surface area contributed by atoms with E-state index in [4.69, 9.17) is 4.74 Å². The van der Waals surface area contributed by atoms with Crippen molar-refractivity contribution in [1.82, 2.24) is 10.2 Å². The van der Waals surface area contributed by atoms with Gasteiger partial charge in [-0.3, -0.25) is 4.79 Å². The summed E-state index contributed by atoms with van der Waals surface area (Å²) in [7, 11) is 0. The molecule has 1 aromatic carbocycles. The van der Waals surface area contributed by atoms with E-state index in [0.717, 1.165) is 63.6 Å². The van der Waals surface area contributed by atoms with Crippen molar-refractivity contribution in [3.63, 3.8) is 0 Å². The molecule has 0 unspecified atom stereocenters. The van der Waals surface area contributed by atoms with E-state index >= 15 is 0 Å². The number of amides is 2. The average Bonchev–Trinajstić information content (AvgIpc) is 2.75. The van der Waals surface area contributed by atoms with Gasteiger partial charge in [-0.25, -0.2) is 4.79 Å². The molecule has 0 saturated heterocycles. The van der Waals surface area contributed by atoms with Gasteiger partial charge in [0.15, 0.2) is 0 Å². The highest BCUT2D eigenvalue weighted by atomic mass is 16.5. The molecule has 30 heavy (non-hydrogen) atoms. The Balaban J connectivity index is 2.07. The van der Waals surface area contributed by atoms with E-state index in [0.29, 0.717) is 18.8 Å². The van der Waals surface area contributed by atoms with Gasteiger partial charge in [0, 0.05) is 13.1 Å². The first-order valence-corrected chi connectivity index (χ1v) is 11.7. The minimum atomic E-state index is -0.824. The van der Waals surface area contributed by atoms with E-state index in [-0.39, 0.29) is 12.5 Å². The normalized spacial score (nSPS) is 15.6. The molecule has 0 aliphatic heterocycles. The van der Waals surface area contributed by atoms with Crippen LogP contribution in [0.5, 0.6) is 0 Å². The Kier molecular flexibility index (Phi) is 10.2.